The Bertz CT molecular complexity index is 971. The number of carbonyl (C=O) groups is 1. The first kappa shape index (κ1) is 14.3. The summed E-state index contributed by atoms with van der Waals surface area (Å²) in [7, 11) is 0. The monoisotopic (exact) mass is 344 g/mol. The van der Waals surface area contributed by atoms with Crippen molar-refractivity contribution in [2.24, 2.45) is 0 Å². The molecule has 1 spiro atoms. The van der Waals surface area contributed by atoms with Crippen LogP contribution in [0.2, 0.25) is 0 Å². The van der Waals surface area contributed by atoms with Crippen molar-refractivity contribution in [1.82, 2.24) is 15.2 Å². The van der Waals surface area contributed by atoms with Gasteiger partial charge >= 0.3 is 5.91 Å². The number of nitrogens with zero attached hydrogens (tertiary/aromatic N) is 3. The third-order valence-electron chi connectivity index (χ3n) is 5.03. The second kappa shape index (κ2) is 4.73. The fourth-order valence-corrected chi connectivity index (χ4v) is 4.54. The number of hydrogen-bond acceptors (Lipinski definition) is 6. The summed E-state index contributed by atoms with van der Waals surface area (Å²) in [5, 5.41) is 18.7. The molecule has 1 unspecified atom stereocenters. The molecule has 1 aliphatic heterocycles. The zero-order valence-electron chi connectivity index (χ0n) is 12.7. The summed E-state index contributed by atoms with van der Waals surface area (Å²) in [5.74, 6) is -0.128. The van der Waals surface area contributed by atoms with Crippen LogP contribution in [0.4, 0.5) is 5.13 Å². The molecule has 0 bridgehead atoms. The van der Waals surface area contributed by atoms with Crippen molar-refractivity contribution >= 4 is 43.5 Å². The zero-order valence-corrected chi connectivity index (χ0v) is 13.6. The molecular weight excluding hydrogens is 328 g/mol. The normalized spacial score (nSPS) is 29.5. The van der Waals surface area contributed by atoms with Crippen molar-refractivity contribution in [2.75, 3.05) is 5.73 Å². The Hall–Kier alpha value is -2.07. The Labute approximate surface area is 140 Å². The molecule has 24 heavy (non-hydrogen) atoms. The third kappa shape index (κ3) is 1.92. The topological polar surface area (TPSA) is 123 Å². The number of nitrogen functional groups attached to an aromatic ring is 1. The molecule has 5 N–H and O–H groups in total. The Kier molecular flexibility index (Phi) is 2.82. The molecule has 2 fully saturated rings. The molecule has 2 aromatic heterocycles. The van der Waals surface area contributed by atoms with Gasteiger partial charge in [0.1, 0.15) is 0 Å². The van der Waals surface area contributed by atoms with Gasteiger partial charge in [-0.3, -0.25) is 5.10 Å². The number of amides is 1. The standard InChI is InChI=1S/C15H16N6O2S/c16-14-17-9-2-1-8-10(12(9)24-14)11(19-18-8)13(23)21-15(20-21)5-3-7(22)4-6-15/h1-2,7,21-22H,3-6H2,(H2,16,17)(H,18,19). The van der Waals surface area contributed by atoms with E-state index in [1.165, 1.54) is 11.3 Å². The van der Waals surface area contributed by atoms with E-state index in [1.54, 1.807) is 0 Å². The maximum Gasteiger partial charge on any atom is 0.355 e. The van der Waals surface area contributed by atoms with Gasteiger partial charge in [-0.05, 0) is 37.8 Å². The first-order valence-electron chi connectivity index (χ1n) is 7.94. The van der Waals surface area contributed by atoms with Crippen LogP contribution in [0.5, 0.6) is 0 Å². The van der Waals surface area contributed by atoms with Gasteiger partial charge in [-0.15, -0.1) is 0 Å². The number of hydrogen-bond donors (Lipinski definition) is 4. The smallest absolute Gasteiger partial charge is 0.355 e. The predicted octanol–water partition coefficient (Wildman–Crippen LogP) is 0.713. The van der Waals surface area contributed by atoms with E-state index in [-0.39, 0.29) is 17.7 Å². The van der Waals surface area contributed by atoms with Crippen molar-refractivity contribution in [1.29, 1.82) is 0 Å². The molecule has 0 radical (unpaired) electrons. The predicted molar refractivity (Wildman–Crippen MR) is 89.5 cm³/mol. The maximum atomic E-state index is 13.0. The number of aliphatic hydroxyl groups is 1. The highest BCUT2D eigenvalue weighted by atomic mass is 32.1. The van der Waals surface area contributed by atoms with E-state index in [1.807, 2.05) is 12.1 Å². The molecule has 3 aromatic rings. The summed E-state index contributed by atoms with van der Waals surface area (Å²) in [6.45, 7) is 0. The summed E-state index contributed by atoms with van der Waals surface area (Å²) >= 11 is 1.36. The van der Waals surface area contributed by atoms with E-state index >= 15 is 0 Å². The van der Waals surface area contributed by atoms with Crippen LogP contribution in [-0.4, -0.2) is 38.0 Å². The van der Waals surface area contributed by atoms with Crippen LogP contribution in [0.25, 0.3) is 26.5 Å². The van der Waals surface area contributed by atoms with Crippen molar-refractivity contribution in [3.63, 3.8) is 0 Å². The number of benzene rings is 1. The Morgan fingerprint density at radius 3 is 3.04 bits per heavy atom. The molecule has 1 amide bonds. The lowest BCUT2D eigenvalue weighted by atomic mass is 9.90. The van der Waals surface area contributed by atoms with E-state index in [4.69, 9.17) is 5.73 Å². The Morgan fingerprint density at radius 1 is 1.46 bits per heavy atom. The average Bonchev–Trinajstić information content (AvgIpc) is 2.91. The number of carbonyl (C=O) groups excluding carboxylic acids is 1. The molecule has 1 saturated heterocycles. The lowest BCUT2D eigenvalue weighted by Crippen LogP contribution is -2.99. The second-order valence-corrected chi connectivity index (χ2v) is 7.54. The van der Waals surface area contributed by atoms with Gasteiger partial charge in [0.25, 0.3) is 0 Å². The van der Waals surface area contributed by atoms with Crippen LogP contribution in [0.15, 0.2) is 12.1 Å². The van der Waals surface area contributed by atoms with Gasteiger partial charge in [0.15, 0.2) is 10.8 Å². The van der Waals surface area contributed by atoms with Crippen molar-refractivity contribution in [3.05, 3.63) is 23.3 Å². The lowest BCUT2D eigenvalue weighted by molar-refractivity contribution is -0.683. The van der Waals surface area contributed by atoms with Gasteiger partial charge < -0.3 is 21.3 Å². The van der Waals surface area contributed by atoms with Crippen molar-refractivity contribution in [2.45, 2.75) is 37.5 Å². The number of aromatic amines is 1. The minimum atomic E-state index is -0.359. The van der Waals surface area contributed by atoms with E-state index < -0.39 is 0 Å². The molecule has 3 heterocycles. The fourth-order valence-electron chi connectivity index (χ4n) is 3.66. The van der Waals surface area contributed by atoms with Crippen LogP contribution in [0.3, 0.4) is 0 Å². The average molecular weight is 344 g/mol. The molecule has 2 aliphatic rings. The molecular formula is C15H16N6O2S. The SMILES string of the molecule is Nc1nc2ccc3[nH]nc(C(=O)[NH+]4[N-]C45CCC(O)CC5)c3c2s1. The summed E-state index contributed by atoms with van der Waals surface area (Å²) < 4.78 is 0.872. The summed E-state index contributed by atoms with van der Waals surface area (Å²) in [5.41, 5.74) is 11.9. The highest BCUT2D eigenvalue weighted by Crippen LogP contribution is 2.38. The Balaban J connectivity index is 1.55. The number of aliphatic hydroxyl groups excluding tert-OH is 1. The number of aromatic nitrogens is 3. The van der Waals surface area contributed by atoms with E-state index in [2.05, 4.69) is 20.6 Å². The molecule has 1 aliphatic carbocycles. The highest BCUT2D eigenvalue weighted by Gasteiger charge is 2.51. The molecule has 124 valence electrons. The fraction of sp³-hybridized carbons (Fsp3) is 0.400. The summed E-state index contributed by atoms with van der Waals surface area (Å²) in [4.78, 5) is 17.2. The molecule has 1 saturated carbocycles. The number of nitrogens with two attached hydrogens (primary N) is 1. The number of H-pyrrole nitrogens is 1. The molecule has 1 atom stereocenters. The first-order chi connectivity index (χ1) is 11.6. The minimum Gasteiger partial charge on any atom is -0.393 e. The van der Waals surface area contributed by atoms with Crippen molar-refractivity contribution < 1.29 is 14.9 Å². The third-order valence-corrected chi connectivity index (χ3v) is 5.95. The summed E-state index contributed by atoms with van der Waals surface area (Å²) in [6.07, 6.45) is 2.59. The van der Waals surface area contributed by atoms with Crippen LogP contribution in [0, 0.1) is 0 Å². The number of anilines is 1. The van der Waals surface area contributed by atoms with E-state index in [0.29, 0.717) is 28.7 Å². The van der Waals surface area contributed by atoms with Crippen LogP contribution < -0.4 is 10.7 Å². The van der Waals surface area contributed by atoms with Gasteiger partial charge in [0.05, 0.1) is 32.9 Å². The highest BCUT2D eigenvalue weighted by molar-refractivity contribution is 7.23. The lowest BCUT2D eigenvalue weighted by Gasteiger charge is -2.25. The maximum absolute atomic E-state index is 13.0. The molecule has 8 nitrogen and oxygen atoms in total. The first-order valence-corrected chi connectivity index (χ1v) is 8.75. The quantitative estimate of drug-likeness (QED) is 0.484. The molecule has 9 heteroatoms. The minimum absolute atomic E-state index is 0.128. The van der Waals surface area contributed by atoms with Crippen LogP contribution >= 0.6 is 11.3 Å². The number of quaternary nitrogens is 1. The van der Waals surface area contributed by atoms with Crippen molar-refractivity contribution in [3.8, 4) is 0 Å². The number of rotatable bonds is 1. The second-order valence-electron chi connectivity index (χ2n) is 6.51. The van der Waals surface area contributed by atoms with E-state index in [9.17, 15) is 9.90 Å². The van der Waals surface area contributed by atoms with Gasteiger partial charge in [-0.2, -0.15) is 5.10 Å². The number of nitrogens with one attached hydrogen (secondary N) is 2. The molecule has 1 aromatic carbocycles. The largest absolute Gasteiger partial charge is 0.393 e. The van der Waals surface area contributed by atoms with Gasteiger partial charge in [-0.1, -0.05) is 11.3 Å². The van der Waals surface area contributed by atoms with Gasteiger partial charge in [0, 0.05) is 0 Å². The van der Waals surface area contributed by atoms with Gasteiger partial charge in [-0.25, -0.2) is 9.78 Å². The summed E-state index contributed by atoms with van der Waals surface area (Å²) in [6, 6.07) is 3.73. The number of thiazole rings is 1. The van der Waals surface area contributed by atoms with Crippen LogP contribution in [0.1, 0.15) is 36.2 Å². The van der Waals surface area contributed by atoms with Crippen LogP contribution in [-0.2, 0) is 0 Å². The molecule has 5 rings (SSSR count). The van der Waals surface area contributed by atoms with E-state index in [0.717, 1.165) is 34.0 Å². The zero-order chi connectivity index (χ0) is 16.5. The number of fused-ring (bicyclic) bond motifs is 3. The Morgan fingerprint density at radius 2 is 2.25 bits per heavy atom. The van der Waals surface area contributed by atoms with Gasteiger partial charge in [0.2, 0.25) is 0 Å².